The van der Waals surface area contributed by atoms with Crippen molar-refractivity contribution < 1.29 is 17.6 Å². The van der Waals surface area contributed by atoms with Crippen LogP contribution in [-0.2, 0) is 21.1 Å². The van der Waals surface area contributed by atoms with Crippen LogP contribution in [0, 0.1) is 5.82 Å². The normalized spacial score (nSPS) is 11.4. The summed E-state index contributed by atoms with van der Waals surface area (Å²) in [6.07, 6.45) is 0.693. The topological polar surface area (TPSA) is 51.2 Å². The third kappa shape index (κ3) is 4.28. The highest BCUT2D eigenvalue weighted by Gasteiger charge is 2.14. The summed E-state index contributed by atoms with van der Waals surface area (Å²) in [5, 5.41) is 0.309. The van der Waals surface area contributed by atoms with E-state index in [1.54, 1.807) is 0 Å². The van der Waals surface area contributed by atoms with Crippen molar-refractivity contribution in [1.29, 1.82) is 0 Å². The molecule has 88 valence electrons. The molecule has 0 spiro atoms. The van der Waals surface area contributed by atoms with Crippen molar-refractivity contribution in [2.24, 2.45) is 0 Å². The first-order valence-electron chi connectivity index (χ1n) is 4.41. The molecule has 0 amide bonds. The molecule has 1 aromatic rings. The van der Waals surface area contributed by atoms with Crippen molar-refractivity contribution in [2.45, 2.75) is 6.42 Å². The molecule has 0 fully saturated rings. The fourth-order valence-electron chi connectivity index (χ4n) is 1.23. The molecule has 0 radical (unpaired) electrons. The number of benzene rings is 1. The number of sulfone groups is 1. The van der Waals surface area contributed by atoms with Gasteiger partial charge in [0.05, 0.1) is 0 Å². The van der Waals surface area contributed by atoms with Crippen molar-refractivity contribution in [1.82, 2.24) is 0 Å². The highest BCUT2D eigenvalue weighted by atomic mass is 35.5. The highest BCUT2D eigenvalue weighted by molar-refractivity contribution is 7.91. The van der Waals surface area contributed by atoms with Crippen LogP contribution in [0.2, 0.25) is 5.02 Å². The largest absolute Gasteiger partial charge is 0.298 e. The first-order valence-corrected chi connectivity index (χ1v) is 6.85. The van der Waals surface area contributed by atoms with Crippen molar-refractivity contribution >= 4 is 27.2 Å². The zero-order chi connectivity index (χ0) is 12.3. The minimum Gasteiger partial charge on any atom is -0.298 e. The molecular formula is C10H10ClFO3S. The lowest BCUT2D eigenvalue weighted by Crippen LogP contribution is -2.16. The summed E-state index contributed by atoms with van der Waals surface area (Å²) in [4.78, 5) is 11.3. The van der Waals surface area contributed by atoms with Crippen molar-refractivity contribution in [2.75, 3.05) is 12.0 Å². The first kappa shape index (κ1) is 13.1. The van der Waals surface area contributed by atoms with Gasteiger partial charge in [0.1, 0.15) is 11.6 Å². The smallest absolute Gasteiger partial charge is 0.154 e. The summed E-state index contributed by atoms with van der Waals surface area (Å²) >= 11 is 5.64. The number of ketones is 1. The molecule has 0 aliphatic carbocycles. The number of Topliss-reactive ketones (excluding diaryl/α,β-unsaturated/α-hetero) is 1. The molecule has 0 aliphatic heterocycles. The SMILES string of the molecule is CS(=O)(=O)CC(=O)Cc1cc(Cl)ccc1F. The number of hydrogen-bond acceptors (Lipinski definition) is 3. The fraction of sp³-hybridized carbons (Fsp3) is 0.300. The van der Waals surface area contributed by atoms with Gasteiger partial charge < -0.3 is 0 Å². The average Bonchev–Trinajstić information content (AvgIpc) is 2.08. The summed E-state index contributed by atoms with van der Waals surface area (Å²) in [6.45, 7) is 0. The van der Waals surface area contributed by atoms with Crippen molar-refractivity contribution in [3.05, 3.63) is 34.6 Å². The summed E-state index contributed by atoms with van der Waals surface area (Å²) in [5.41, 5.74) is 0.112. The molecule has 16 heavy (non-hydrogen) atoms. The lowest BCUT2D eigenvalue weighted by atomic mass is 10.1. The maximum Gasteiger partial charge on any atom is 0.154 e. The Hall–Kier alpha value is -0.940. The van der Waals surface area contributed by atoms with Crippen LogP contribution in [0.1, 0.15) is 5.56 Å². The van der Waals surface area contributed by atoms with Gasteiger partial charge in [0.15, 0.2) is 15.6 Å². The van der Waals surface area contributed by atoms with E-state index in [1.807, 2.05) is 0 Å². The van der Waals surface area contributed by atoms with Gasteiger partial charge in [-0.15, -0.1) is 0 Å². The van der Waals surface area contributed by atoms with E-state index >= 15 is 0 Å². The third-order valence-corrected chi connectivity index (χ3v) is 2.90. The van der Waals surface area contributed by atoms with Crippen molar-refractivity contribution in [3.63, 3.8) is 0 Å². The Labute approximate surface area is 98.1 Å². The Kier molecular flexibility index (Phi) is 4.04. The molecule has 0 aromatic heterocycles. The van der Waals surface area contributed by atoms with Crippen LogP contribution in [0.3, 0.4) is 0 Å². The van der Waals surface area contributed by atoms with Gasteiger partial charge in [0, 0.05) is 17.7 Å². The number of halogens is 2. The zero-order valence-electron chi connectivity index (χ0n) is 8.54. The summed E-state index contributed by atoms with van der Waals surface area (Å²) in [6, 6.07) is 3.82. The number of rotatable bonds is 4. The van der Waals surface area contributed by atoms with Crippen LogP contribution in [0.15, 0.2) is 18.2 Å². The summed E-state index contributed by atoms with van der Waals surface area (Å²) < 4.78 is 34.9. The number of carbonyl (C=O) groups is 1. The Morgan fingerprint density at radius 2 is 2.06 bits per heavy atom. The minimum absolute atomic E-state index is 0.112. The van der Waals surface area contributed by atoms with Gasteiger partial charge in [0.25, 0.3) is 0 Å². The standard InChI is InChI=1S/C10H10ClFO3S/c1-16(14,15)6-9(13)5-7-4-8(11)2-3-10(7)12/h2-4H,5-6H2,1H3. The van der Waals surface area contributed by atoms with Gasteiger partial charge in [0.2, 0.25) is 0 Å². The fourth-order valence-corrected chi connectivity index (χ4v) is 2.12. The molecule has 1 rings (SSSR count). The van der Waals surface area contributed by atoms with Gasteiger partial charge in [-0.25, -0.2) is 12.8 Å². The molecule has 0 saturated heterocycles. The van der Waals surface area contributed by atoms with Crippen LogP contribution < -0.4 is 0 Å². The van der Waals surface area contributed by atoms with E-state index in [2.05, 4.69) is 0 Å². The molecular weight excluding hydrogens is 255 g/mol. The molecule has 3 nitrogen and oxygen atoms in total. The monoisotopic (exact) mass is 264 g/mol. The minimum atomic E-state index is -3.37. The molecule has 0 bridgehead atoms. The summed E-state index contributed by atoms with van der Waals surface area (Å²) in [5.74, 6) is -1.70. The third-order valence-electron chi connectivity index (χ3n) is 1.82. The Balaban J connectivity index is 2.81. The van der Waals surface area contributed by atoms with E-state index in [4.69, 9.17) is 11.6 Å². The highest BCUT2D eigenvalue weighted by Crippen LogP contribution is 2.15. The Bertz CT molecular complexity index is 511. The van der Waals surface area contributed by atoms with E-state index in [0.29, 0.717) is 5.02 Å². The zero-order valence-corrected chi connectivity index (χ0v) is 10.1. The van der Waals surface area contributed by atoms with E-state index in [1.165, 1.54) is 12.1 Å². The van der Waals surface area contributed by atoms with E-state index in [0.717, 1.165) is 12.3 Å². The lowest BCUT2D eigenvalue weighted by Gasteiger charge is -2.02. The molecule has 0 heterocycles. The van der Waals surface area contributed by atoms with Crippen LogP contribution in [0.4, 0.5) is 4.39 Å². The Morgan fingerprint density at radius 1 is 1.44 bits per heavy atom. The van der Waals surface area contributed by atoms with Gasteiger partial charge in [-0.2, -0.15) is 0 Å². The van der Waals surface area contributed by atoms with Gasteiger partial charge >= 0.3 is 0 Å². The van der Waals surface area contributed by atoms with Crippen LogP contribution in [0.25, 0.3) is 0 Å². The predicted molar refractivity (Wildman–Crippen MR) is 59.8 cm³/mol. The number of carbonyl (C=O) groups excluding carboxylic acids is 1. The van der Waals surface area contributed by atoms with Gasteiger partial charge in [-0.3, -0.25) is 4.79 Å². The Morgan fingerprint density at radius 3 is 2.62 bits per heavy atom. The molecule has 6 heteroatoms. The molecule has 0 N–H and O–H groups in total. The molecule has 0 aliphatic rings. The first-order chi connectivity index (χ1) is 7.28. The van der Waals surface area contributed by atoms with Crippen LogP contribution in [0.5, 0.6) is 0 Å². The van der Waals surface area contributed by atoms with Gasteiger partial charge in [-0.1, -0.05) is 11.6 Å². The lowest BCUT2D eigenvalue weighted by molar-refractivity contribution is -0.116. The maximum absolute atomic E-state index is 13.2. The second-order valence-corrected chi connectivity index (χ2v) is 6.10. The summed E-state index contributed by atoms with van der Waals surface area (Å²) in [7, 11) is -3.37. The number of hydrogen-bond donors (Lipinski definition) is 0. The molecule has 0 atom stereocenters. The predicted octanol–water partition coefficient (Wildman–Crippen LogP) is 1.64. The molecule has 1 aromatic carbocycles. The van der Waals surface area contributed by atoms with Crippen molar-refractivity contribution in [3.8, 4) is 0 Å². The van der Waals surface area contributed by atoms with Gasteiger partial charge in [-0.05, 0) is 23.8 Å². The maximum atomic E-state index is 13.2. The van der Waals surface area contributed by atoms with Crippen LogP contribution in [-0.4, -0.2) is 26.2 Å². The quantitative estimate of drug-likeness (QED) is 0.831. The molecule has 0 saturated carbocycles. The van der Waals surface area contributed by atoms with E-state index in [9.17, 15) is 17.6 Å². The molecule has 0 unspecified atom stereocenters. The average molecular weight is 265 g/mol. The second-order valence-electron chi connectivity index (χ2n) is 3.52. The van der Waals surface area contributed by atoms with Crippen LogP contribution >= 0.6 is 11.6 Å². The van der Waals surface area contributed by atoms with E-state index < -0.39 is 27.2 Å². The van der Waals surface area contributed by atoms with E-state index in [-0.39, 0.29) is 12.0 Å². The second kappa shape index (κ2) is 4.93.